The molecule has 0 aliphatic carbocycles. The molecule has 1 aliphatic rings. The summed E-state index contributed by atoms with van der Waals surface area (Å²) >= 11 is 0. The summed E-state index contributed by atoms with van der Waals surface area (Å²) < 4.78 is 16.1. The molecule has 0 spiro atoms. The van der Waals surface area contributed by atoms with E-state index in [9.17, 15) is 9.90 Å². The van der Waals surface area contributed by atoms with E-state index in [2.05, 4.69) is 25.4 Å². The number of aromatic nitrogens is 4. The first kappa shape index (κ1) is 19.7. The molecule has 10 nitrogen and oxygen atoms in total. The van der Waals surface area contributed by atoms with Crippen molar-refractivity contribution in [2.75, 3.05) is 18.7 Å². The van der Waals surface area contributed by atoms with Crippen LogP contribution in [0.2, 0.25) is 0 Å². The Morgan fingerprint density at radius 2 is 2.17 bits per heavy atom. The van der Waals surface area contributed by atoms with E-state index in [0.29, 0.717) is 36.1 Å². The Morgan fingerprint density at radius 1 is 1.27 bits per heavy atom. The molecule has 1 unspecified atom stereocenters. The average molecular weight is 413 g/mol. The Labute approximate surface area is 172 Å². The van der Waals surface area contributed by atoms with E-state index < -0.39 is 5.97 Å². The number of nitrogens with one attached hydrogen (secondary N) is 2. The number of nitrogens with zero attached hydrogens (tertiary/aromatic N) is 3. The van der Waals surface area contributed by atoms with E-state index in [1.165, 1.54) is 0 Å². The largest absolute Gasteiger partial charge is 0.481 e. The monoisotopic (exact) mass is 413 g/mol. The molecule has 1 atom stereocenters. The molecule has 1 aliphatic heterocycles. The van der Waals surface area contributed by atoms with E-state index >= 15 is 0 Å². The van der Waals surface area contributed by atoms with E-state index in [1.807, 2.05) is 12.1 Å². The third kappa shape index (κ3) is 5.07. The summed E-state index contributed by atoms with van der Waals surface area (Å²) in [4.78, 5) is 22.9. The molecular formula is C20H23N5O5. The lowest BCUT2D eigenvalue weighted by molar-refractivity contribution is -0.137. The summed E-state index contributed by atoms with van der Waals surface area (Å²) in [5, 5.41) is 16.5. The number of aryl methyl sites for hydroxylation is 1. The molecule has 158 valence electrons. The van der Waals surface area contributed by atoms with Gasteiger partial charge in [-0.2, -0.15) is 4.98 Å². The van der Waals surface area contributed by atoms with Gasteiger partial charge in [-0.25, -0.2) is 4.98 Å². The van der Waals surface area contributed by atoms with Crippen LogP contribution in [0.3, 0.4) is 0 Å². The van der Waals surface area contributed by atoms with Gasteiger partial charge in [0.25, 0.3) is 0 Å². The van der Waals surface area contributed by atoms with Crippen LogP contribution in [0.4, 0.5) is 5.95 Å². The maximum Gasteiger partial charge on any atom is 0.303 e. The van der Waals surface area contributed by atoms with Gasteiger partial charge in [0.2, 0.25) is 12.7 Å². The van der Waals surface area contributed by atoms with Gasteiger partial charge < -0.3 is 29.4 Å². The number of carbonyl (C=O) groups is 1. The number of H-pyrrole nitrogens is 1. The smallest absolute Gasteiger partial charge is 0.303 e. The predicted molar refractivity (Wildman–Crippen MR) is 106 cm³/mol. The highest BCUT2D eigenvalue weighted by molar-refractivity contribution is 5.68. The number of benzene rings is 1. The van der Waals surface area contributed by atoms with Crippen molar-refractivity contribution < 1.29 is 23.9 Å². The average Bonchev–Trinajstić information content (AvgIpc) is 3.48. The van der Waals surface area contributed by atoms with Crippen molar-refractivity contribution in [3.63, 3.8) is 0 Å². The second-order valence-corrected chi connectivity index (χ2v) is 7.04. The second kappa shape index (κ2) is 9.29. The number of rotatable bonds is 11. The number of carboxylic acid groups (broad SMARTS) is 1. The summed E-state index contributed by atoms with van der Waals surface area (Å²) in [6, 6.07) is 5.46. The zero-order valence-corrected chi connectivity index (χ0v) is 16.3. The van der Waals surface area contributed by atoms with Crippen molar-refractivity contribution in [2.24, 2.45) is 0 Å². The summed E-state index contributed by atoms with van der Waals surface area (Å²) in [6.45, 7) is 0.968. The van der Waals surface area contributed by atoms with Crippen LogP contribution in [0, 0.1) is 0 Å². The molecule has 30 heavy (non-hydrogen) atoms. The zero-order chi connectivity index (χ0) is 20.8. The summed E-state index contributed by atoms with van der Waals surface area (Å²) in [6.07, 6.45) is 6.29. The van der Waals surface area contributed by atoms with Crippen LogP contribution in [0.5, 0.6) is 11.5 Å². The summed E-state index contributed by atoms with van der Waals surface area (Å²) in [7, 11) is 0. The fraction of sp³-hybridized carbons (Fsp3) is 0.400. The minimum absolute atomic E-state index is 0.0458. The molecule has 1 aromatic carbocycles. The van der Waals surface area contributed by atoms with Gasteiger partial charge in [-0.15, -0.1) is 0 Å². The number of hydrogen-bond acceptors (Lipinski definition) is 8. The molecule has 0 fully saturated rings. The number of imidazole rings is 1. The van der Waals surface area contributed by atoms with E-state index in [-0.39, 0.29) is 19.1 Å². The van der Waals surface area contributed by atoms with Crippen LogP contribution in [-0.4, -0.2) is 44.5 Å². The van der Waals surface area contributed by atoms with Crippen LogP contribution in [0.25, 0.3) is 0 Å². The molecule has 4 rings (SSSR count). The minimum Gasteiger partial charge on any atom is -0.481 e. The molecule has 3 heterocycles. The van der Waals surface area contributed by atoms with E-state index in [1.54, 1.807) is 18.5 Å². The lowest BCUT2D eigenvalue weighted by Crippen LogP contribution is -2.09. The number of unbranched alkanes of at least 4 members (excludes halogenated alkanes) is 1. The van der Waals surface area contributed by atoms with Gasteiger partial charge in [-0.3, -0.25) is 4.79 Å². The van der Waals surface area contributed by atoms with Crippen LogP contribution < -0.4 is 14.8 Å². The normalized spacial score (nSPS) is 13.3. The number of aromatic amines is 1. The molecule has 3 aromatic rings. The second-order valence-electron chi connectivity index (χ2n) is 7.04. The number of anilines is 1. The highest BCUT2D eigenvalue weighted by Crippen LogP contribution is 2.36. The molecule has 0 bridgehead atoms. The van der Waals surface area contributed by atoms with E-state index in [4.69, 9.17) is 14.0 Å². The van der Waals surface area contributed by atoms with Crippen LogP contribution in [-0.2, 0) is 17.6 Å². The molecule has 0 saturated heterocycles. The lowest BCUT2D eigenvalue weighted by atomic mass is 9.92. The van der Waals surface area contributed by atoms with Crippen molar-refractivity contribution in [1.82, 2.24) is 20.1 Å². The van der Waals surface area contributed by atoms with E-state index in [0.717, 1.165) is 30.9 Å². The van der Waals surface area contributed by atoms with Crippen LogP contribution >= 0.6 is 0 Å². The van der Waals surface area contributed by atoms with Gasteiger partial charge in [0.15, 0.2) is 23.3 Å². The molecule has 10 heteroatoms. The standard InChI is InChI=1S/C20H23N5O5/c26-19(27)11-14(13-4-5-15-16(9-13)29-12-28-15)10-18-24-17(25-30-18)3-1-2-6-21-20-22-7-8-23-20/h4-5,7-9,14H,1-3,6,10-12H2,(H,26,27)(H2,21,22,23). The first-order valence-corrected chi connectivity index (χ1v) is 9.83. The number of hydrogen-bond donors (Lipinski definition) is 3. The maximum absolute atomic E-state index is 11.4. The predicted octanol–water partition coefficient (Wildman–Crippen LogP) is 2.76. The number of fused-ring (bicyclic) bond motifs is 1. The fourth-order valence-corrected chi connectivity index (χ4v) is 3.35. The highest BCUT2D eigenvalue weighted by atomic mass is 16.7. The Kier molecular flexibility index (Phi) is 6.11. The zero-order valence-electron chi connectivity index (χ0n) is 16.3. The Hall–Kier alpha value is -3.56. The van der Waals surface area contributed by atoms with Gasteiger partial charge in [0.05, 0.1) is 6.42 Å². The third-order valence-electron chi connectivity index (χ3n) is 4.84. The molecule has 0 amide bonds. The van der Waals surface area contributed by atoms with Gasteiger partial charge >= 0.3 is 5.97 Å². The molecule has 0 saturated carbocycles. The Balaban J connectivity index is 1.31. The summed E-state index contributed by atoms with van der Waals surface area (Å²) in [5.41, 5.74) is 0.838. The van der Waals surface area contributed by atoms with Gasteiger partial charge in [0, 0.05) is 37.7 Å². The molecule has 2 aromatic heterocycles. The summed E-state index contributed by atoms with van der Waals surface area (Å²) in [5.74, 6) is 1.91. The fourth-order valence-electron chi connectivity index (χ4n) is 3.35. The number of carboxylic acids is 1. The third-order valence-corrected chi connectivity index (χ3v) is 4.84. The Morgan fingerprint density at radius 3 is 3.00 bits per heavy atom. The quantitative estimate of drug-likeness (QED) is 0.405. The van der Waals surface area contributed by atoms with Crippen molar-refractivity contribution >= 4 is 11.9 Å². The molecule has 0 radical (unpaired) electrons. The van der Waals surface area contributed by atoms with Gasteiger partial charge in [0.1, 0.15) is 0 Å². The number of ether oxygens (including phenoxy) is 2. The van der Waals surface area contributed by atoms with Crippen LogP contribution in [0.1, 0.15) is 42.5 Å². The Bertz CT molecular complexity index is 972. The molecule has 3 N–H and O–H groups in total. The van der Waals surface area contributed by atoms with Gasteiger partial charge in [-0.05, 0) is 30.5 Å². The van der Waals surface area contributed by atoms with Crippen molar-refractivity contribution in [3.8, 4) is 11.5 Å². The maximum atomic E-state index is 11.4. The lowest BCUT2D eigenvalue weighted by Gasteiger charge is -2.13. The van der Waals surface area contributed by atoms with Crippen molar-refractivity contribution in [1.29, 1.82) is 0 Å². The topological polar surface area (TPSA) is 135 Å². The first-order chi connectivity index (χ1) is 14.7. The minimum atomic E-state index is -0.888. The number of aliphatic carboxylic acids is 1. The van der Waals surface area contributed by atoms with Crippen molar-refractivity contribution in [3.05, 3.63) is 47.9 Å². The van der Waals surface area contributed by atoms with Crippen LogP contribution in [0.15, 0.2) is 35.1 Å². The van der Waals surface area contributed by atoms with Gasteiger partial charge in [-0.1, -0.05) is 11.2 Å². The molecular weight excluding hydrogens is 390 g/mol. The SMILES string of the molecule is O=C(O)CC(Cc1nc(CCCCNc2ncc[nH]2)no1)c1ccc2c(c1)OCO2. The first-order valence-electron chi connectivity index (χ1n) is 9.83. The highest BCUT2D eigenvalue weighted by Gasteiger charge is 2.23. The van der Waals surface area contributed by atoms with Crippen molar-refractivity contribution in [2.45, 2.75) is 38.0 Å².